The summed E-state index contributed by atoms with van der Waals surface area (Å²) < 4.78 is 23.2. The predicted molar refractivity (Wildman–Crippen MR) is 169 cm³/mol. The van der Waals surface area contributed by atoms with Crippen LogP contribution in [-0.2, 0) is 7.05 Å². The average Bonchev–Trinajstić information content (AvgIpc) is 3.73. The first kappa shape index (κ1) is 27.5. The lowest BCUT2D eigenvalue weighted by molar-refractivity contribution is 0.102. The van der Waals surface area contributed by atoms with Gasteiger partial charge in [0.2, 0.25) is 11.3 Å². The normalized spacial score (nSPS) is 13.5. The van der Waals surface area contributed by atoms with Crippen LogP contribution in [0.3, 0.4) is 0 Å². The third kappa shape index (κ3) is 4.80. The number of hydrogen-bond donors (Lipinski definition) is 2. The van der Waals surface area contributed by atoms with E-state index in [1.165, 1.54) is 37.4 Å². The molecule has 9 heteroatoms. The molecule has 8 nitrogen and oxygen atoms in total. The molecule has 0 radical (unpaired) electrons. The first-order valence-electron chi connectivity index (χ1n) is 14.7. The Kier molecular flexibility index (Phi) is 6.93. The first-order valence-corrected chi connectivity index (χ1v) is 14.7. The maximum Gasteiger partial charge on any atom is 0.261 e. The number of ether oxygens (including phenoxy) is 1. The fourth-order valence-corrected chi connectivity index (χ4v) is 6.27. The number of aromatic amines is 1. The number of aromatic nitrogens is 4. The quantitative estimate of drug-likeness (QED) is 0.209. The van der Waals surface area contributed by atoms with Gasteiger partial charge in [-0.05, 0) is 61.1 Å². The van der Waals surface area contributed by atoms with Crippen molar-refractivity contribution in [2.24, 2.45) is 7.05 Å². The van der Waals surface area contributed by atoms with E-state index >= 15 is 4.39 Å². The second kappa shape index (κ2) is 11.1. The summed E-state index contributed by atoms with van der Waals surface area (Å²) in [5.41, 5.74) is 4.65. The number of amides is 1. The van der Waals surface area contributed by atoms with E-state index in [2.05, 4.69) is 26.3 Å². The molecule has 1 aliphatic carbocycles. The minimum absolute atomic E-state index is 0.0357. The number of anilines is 1. The van der Waals surface area contributed by atoms with Gasteiger partial charge in [-0.2, -0.15) is 0 Å². The second-order valence-corrected chi connectivity index (χ2v) is 11.3. The van der Waals surface area contributed by atoms with Gasteiger partial charge in [0.15, 0.2) is 11.6 Å². The molecule has 1 fully saturated rings. The second-order valence-electron chi connectivity index (χ2n) is 11.3. The fourth-order valence-electron chi connectivity index (χ4n) is 6.27. The molecule has 1 amide bonds. The lowest BCUT2D eigenvalue weighted by Gasteiger charge is -2.17. The van der Waals surface area contributed by atoms with Gasteiger partial charge < -0.3 is 19.6 Å². The van der Waals surface area contributed by atoms with Gasteiger partial charge in [-0.3, -0.25) is 9.59 Å². The maximum absolute atomic E-state index is 15.4. The number of aryl methyl sites for hydroxylation is 1. The molecule has 3 heterocycles. The molecule has 0 atom stereocenters. The summed E-state index contributed by atoms with van der Waals surface area (Å²) in [5, 5.41) is 3.84. The fraction of sp³-hybridized carbons (Fsp3) is 0.200. The summed E-state index contributed by atoms with van der Waals surface area (Å²) in [7, 11) is 1.84. The number of halogens is 1. The van der Waals surface area contributed by atoms with Crippen LogP contribution in [0.15, 0.2) is 84.0 Å². The number of carbonyl (C=O) groups excluding carboxylic acids is 1. The number of pyridine rings is 1. The number of hydrogen-bond acceptors (Lipinski definition) is 5. The highest BCUT2D eigenvalue weighted by Gasteiger charge is 2.23. The molecule has 0 spiro atoms. The van der Waals surface area contributed by atoms with Gasteiger partial charge >= 0.3 is 0 Å². The van der Waals surface area contributed by atoms with Crippen LogP contribution in [0.25, 0.3) is 33.1 Å². The zero-order chi connectivity index (χ0) is 30.4. The summed E-state index contributed by atoms with van der Waals surface area (Å²) in [6, 6.07) is 19.8. The Morgan fingerprint density at radius 3 is 2.61 bits per heavy atom. The SMILES string of the molecule is Cc1c(C(=O)Nc2ccc(Oc3ncnc4[nH]cc(-c5ccccc5)c34)c(F)c2)c(=O)c2cc(C3CCCC3)ccc2n1C. The van der Waals surface area contributed by atoms with Crippen molar-refractivity contribution in [1.29, 1.82) is 0 Å². The highest BCUT2D eigenvalue weighted by molar-refractivity contribution is 6.07. The third-order valence-corrected chi connectivity index (χ3v) is 8.69. The summed E-state index contributed by atoms with van der Waals surface area (Å²) in [4.78, 5) is 38.8. The van der Waals surface area contributed by atoms with Crippen LogP contribution in [0.2, 0.25) is 0 Å². The van der Waals surface area contributed by atoms with Crippen LogP contribution in [0.1, 0.15) is 53.2 Å². The Bertz CT molecular complexity index is 2110. The molecule has 3 aromatic carbocycles. The summed E-state index contributed by atoms with van der Waals surface area (Å²) in [5.74, 6) is -0.733. The number of H-pyrrole nitrogens is 1. The lowest BCUT2D eigenvalue weighted by Crippen LogP contribution is -2.26. The minimum atomic E-state index is -0.698. The Balaban J connectivity index is 1.17. The standard InChI is InChI=1S/C35H30FN5O3/c1-20-30(32(42)25-16-23(21-8-6-7-9-21)12-14-28(25)41(20)2)34(43)40-24-13-15-29(27(36)17-24)44-35-31-26(22-10-4-3-5-11-22)18-37-33(31)38-19-39-35/h3-5,10-19,21H,6-9H2,1-2H3,(H,40,43)(H,37,38,39). The molecule has 44 heavy (non-hydrogen) atoms. The minimum Gasteiger partial charge on any atom is -0.435 e. The van der Waals surface area contributed by atoms with Crippen molar-refractivity contribution in [3.63, 3.8) is 0 Å². The van der Waals surface area contributed by atoms with E-state index in [1.54, 1.807) is 6.92 Å². The predicted octanol–water partition coefficient (Wildman–Crippen LogP) is 7.63. The molecule has 0 saturated heterocycles. The van der Waals surface area contributed by atoms with Gasteiger partial charge in [-0.1, -0.05) is 49.2 Å². The molecule has 2 N–H and O–H groups in total. The molecule has 0 unspecified atom stereocenters. The van der Waals surface area contributed by atoms with E-state index in [0.717, 1.165) is 35.0 Å². The molecule has 7 rings (SSSR count). The topological polar surface area (TPSA) is 102 Å². The van der Waals surface area contributed by atoms with E-state index in [1.807, 2.05) is 60.3 Å². The largest absolute Gasteiger partial charge is 0.435 e. The highest BCUT2D eigenvalue weighted by atomic mass is 19.1. The molecular formula is C35H30FN5O3. The Labute approximate surface area is 252 Å². The summed E-state index contributed by atoms with van der Waals surface area (Å²) in [6.07, 6.45) is 7.75. The van der Waals surface area contributed by atoms with Crippen LogP contribution in [0.4, 0.5) is 10.1 Å². The summed E-state index contributed by atoms with van der Waals surface area (Å²) in [6.45, 7) is 1.74. The van der Waals surface area contributed by atoms with Gasteiger partial charge in [-0.15, -0.1) is 0 Å². The Morgan fingerprint density at radius 2 is 1.84 bits per heavy atom. The third-order valence-electron chi connectivity index (χ3n) is 8.69. The van der Waals surface area contributed by atoms with Crippen molar-refractivity contribution < 1.29 is 13.9 Å². The van der Waals surface area contributed by atoms with Crippen molar-refractivity contribution in [2.75, 3.05) is 5.32 Å². The van der Waals surface area contributed by atoms with Crippen LogP contribution in [0, 0.1) is 12.7 Å². The van der Waals surface area contributed by atoms with Gasteiger partial charge in [0.25, 0.3) is 5.91 Å². The van der Waals surface area contributed by atoms with Crippen LogP contribution in [-0.4, -0.2) is 25.4 Å². The first-order chi connectivity index (χ1) is 21.4. The lowest BCUT2D eigenvalue weighted by atomic mass is 9.95. The van der Waals surface area contributed by atoms with Crippen LogP contribution in [0.5, 0.6) is 11.6 Å². The van der Waals surface area contributed by atoms with Crippen LogP contribution < -0.4 is 15.5 Å². The monoisotopic (exact) mass is 587 g/mol. The number of nitrogens with zero attached hydrogens (tertiary/aromatic N) is 3. The molecule has 0 bridgehead atoms. The average molecular weight is 588 g/mol. The van der Waals surface area contributed by atoms with E-state index in [-0.39, 0.29) is 28.3 Å². The molecule has 6 aromatic rings. The van der Waals surface area contributed by atoms with Gasteiger partial charge in [0, 0.05) is 41.6 Å². The van der Waals surface area contributed by atoms with Gasteiger partial charge in [-0.25, -0.2) is 14.4 Å². The smallest absolute Gasteiger partial charge is 0.261 e. The van der Waals surface area contributed by atoms with Gasteiger partial charge in [0.05, 0.1) is 10.9 Å². The number of rotatable bonds is 6. The van der Waals surface area contributed by atoms with Crippen molar-refractivity contribution in [3.8, 4) is 22.8 Å². The molecule has 1 saturated carbocycles. The van der Waals surface area contributed by atoms with Crippen LogP contribution >= 0.6 is 0 Å². The van der Waals surface area contributed by atoms with E-state index < -0.39 is 11.7 Å². The van der Waals surface area contributed by atoms with Crippen molar-refractivity contribution in [3.05, 3.63) is 112 Å². The molecule has 1 aliphatic rings. The highest BCUT2D eigenvalue weighted by Crippen LogP contribution is 2.37. The number of carbonyl (C=O) groups is 1. The van der Waals surface area contributed by atoms with E-state index in [9.17, 15) is 9.59 Å². The molecular weight excluding hydrogens is 557 g/mol. The van der Waals surface area contributed by atoms with E-state index in [0.29, 0.717) is 28.0 Å². The molecule has 0 aliphatic heterocycles. The zero-order valence-electron chi connectivity index (χ0n) is 24.4. The number of nitrogens with one attached hydrogen (secondary N) is 2. The van der Waals surface area contributed by atoms with Crippen molar-refractivity contribution >= 4 is 33.5 Å². The van der Waals surface area contributed by atoms with Gasteiger partial charge in [0.1, 0.15) is 17.5 Å². The molecule has 3 aromatic heterocycles. The zero-order valence-corrected chi connectivity index (χ0v) is 24.4. The van der Waals surface area contributed by atoms with E-state index in [4.69, 9.17) is 4.74 Å². The summed E-state index contributed by atoms with van der Waals surface area (Å²) >= 11 is 0. The van der Waals surface area contributed by atoms with Crippen molar-refractivity contribution in [2.45, 2.75) is 38.5 Å². The maximum atomic E-state index is 15.4. The number of fused-ring (bicyclic) bond motifs is 2. The molecule has 220 valence electrons. The Hall–Kier alpha value is -5.31. The van der Waals surface area contributed by atoms with Crippen molar-refractivity contribution in [1.82, 2.24) is 19.5 Å². The number of benzene rings is 3. The Morgan fingerprint density at radius 1 is 1.05 bits per heavy atom.